The van der Waals surface area contributed by atoms with Crippen molar-refractivity contribution >= 4 is 34.3 Å². The van der Waals surface area contributed by atoms with Crippen molar-refractivity contribution < 1.29 is 4.98 Å². The third kappa shape index (κ3) is 3.75. The van der Waals surface area contributed by atoms with Crippen LogP contribution in [0.15, 0.2) is 34.7 Å². The minimum atomic E-state index is 0.581. The number of hydrogen-bond acceptors (Lipinski definition) is 5. The fourth-order valence-corrected chi connectivity index (χ4v) is 5.24. The molecule has 0 spiro atoms. The highest BCUT2D eigenvalue weighted by Crippen LogP contribution is 2.36. The summed E-state index contributed by atoms with van der Waals surface area (Å²) in [5.74, 6) is 0.581. The SMILES string of the molecule is NCCNSc1ccc(-c2cc[nH+]c3[nH]c(C4CCCNC4)cc23)s1. The topological polar surface area (TPSA) is 80.0 Å². The maximum atomic E-state index is 5.53. The van der Waals surface area contributed by atoms with Crippen molar-refractivity contribution in [3.63, 3.8) is 0 Å². The van der Waals surface area contributed by atoms with Crippen molar-refractivity contribution in [1.82, 2.24) is 15.0 Å². The number of rotatable bonds is 6. The first-order chi connectivity index (χ1) is 12.3. The van der Waals surface area contributed by atoms with Crippen LogP contribution in [0.3, 0.4) is 0 Å². The number of hydrogen-bond donors (Lipinski definition) is 4. The molecule has 1 unspecified atom stereocenters. The number of fused-ring (bicyclic) bond motifs is 1. The molecule has 0 saturated carbocycles. The minimum absolute atomic E-state index is 0.581. The molecule has 4 heterocycles. The smallest absolute Gasteiger partial charge is 0.285 e. The first-order valence-corrected chi connectivity index (χ1v) is 10.4. The third-order valence-corrected chi connectivity index (χ3v) is 6.71. The Balaban J connectivity index is 1.62. The van der Waals surface area contributed by atoms with Gasteiger partial charge in [0.2, 0.25) is 0 Å². The van der Waals surface area contributed by atoms with Gasteiger partial charge in [0.05, 0.1) is 15.8 Å². The maximum absolute atomic E-state index is 5.53. The van der Waals surface area contributed by atoms with Crippen LogP contribution in [0, 0.1) is 0 Å². The van der Waals surface area contributed by atoms with Gasteiger partial charge in [0.15, 0.2) is 0 Å². The summed E-state index contributed by atoms with van der Waals surface area (Å²) in [6.45, 7) is 3.68. The van der Waals surface area contributed by atoms with E-state index < -0.39 is 0 Å². The number of H-pyrrole nitrogens is 2. The number of nitrogens with two attached hydrogens (primary N) is 1. The summed E-state index contributed by atoms with van der Waals surface area (Å²) in [6.07, 6.45) is 4.52. The monoisotopic (exact) mass is 374 g/mol. The van der Waals surface area contributed by atoms with Crippen LogP contribution in [0.2, 0.25) is 0 Å². The first kappa shape index (κ1) is 17.1. The molecule has 1 saturated heterocycles. The molecular weight excluding hydrogens is 350 g/mol. The van der Waals surface area contributed by atoms with Gasteiger partial charge in [-0.05, 0) is 55.6 Å². The van der Waals surface area contributed by atoms with Crippen LogP contribution in [0.25, 0.3) is 21.5 Å². The molecule has 5 nitrogen and oxygen atoms in total. The predicted molar refractivity (Wildman–Crippen MR) is 106 cm³/mol. The minimum Gasteiger partial charge on any atom is -0.329 e. The van der Waals surface area contributed by atoms with Gasteiger partial charge in [-0.1, -0.05) is 0 Å². The van der Waals surface area contributed by atoms with Crippen molar-refractivity contribution in [2.45, 2.75) is 23.0 Å². The summed E-state index contributed by atoms with van der Waals surface area (Å²) in [5, 5.41) is 4.78. The van der Waals surface area contributed by atoms with Gasteiger partial charge in [-0.3, -0.25) is 4.72 Å². The Morgan fingerprint density at radius 3 is 3.16 bits per heavy atom. The van der Waals surface area contributed by atoms with Crippen LogP contribution >= 0.6 is 23.3 Å². The van der Waals surface area contributed by atoms with Crippen molar-refractivity contribution in [2.24, 2.45) is 5.73 Å². The van der Waals surface area contributed by atoms with Crippen LogP contribution < -0.4 is 20.8 Å². The number of nitrogens with one attached hydrogen (secondary N) is 4. The second-order valence-electron chi connectivity index (χ2n) is 6.35. The average Bonchev–Trinajstić information content (AvgIpc) is 3.29. The van der Waals surface area contributed by atoms with Crippen LogP contribution in [-0.4, -0.2) is 31.2 Å². The molecule has 1 aliphatic rings. The molecule has 0 amide bonds. The van der Waals surface area contributed by atoms with Crippen LogP contribution in [0.1, 0.15) is 24.5 Å². The molecule has 6 N–H and O–H groups in total. The Morgan fingerprint density at radius 1 is 1.36 bits per heavy atom. The van der Waals surface area contributed by atoms with Crippen LogP contribution in [0.4, 0.5) is 0 Å². The number of aromatic amines is 2. The second-order valence-corrected chi connectivity index (χ2v) is 8.63. The summed E-state index contributed by atoms with van der Waals surface area (Å²) >= 11 is 3.47. The zero-order valence-electron chi connectivity index (χ0n) is 14.1. The molecule has 1 aliphatic heterocycles. The number of aromatic nitrogens is 2. The molecule has 0 aromatic carbocycles. The highest BCUT2D eigenvalue weighted by Gasteiger charge is 2.22. The molecule has 4 rings (SSSR count). The van der Waals surface area contributed by atoms with E-state index in [9.17, 15) is 0 Å². The van der Waals surface area contributed by atoms with Crippen LogP contribution in [0.5, 0.6) is 0 Å². The number of pyridine rings is 1. The van der Waals surface area contributed by atoms with Gasteiger partial charge in [0, 0.05) is 36.0 Å². The van der Waals surface area contributed by atoms with Gasteiger partial charge >= 0.3 is 0 Å². The maximum Gasteiger partial charge on any atom is 0.285 e. The fourth-order valence-electron chi connectivity index (χ4n) is 3.35. The van der Waals surface area contributed by atoms with Crippen LogP contribution in [-0.2, 0) is 0 Å². The number of thiophene rings is 1. The molecule has 25 heavy (non-hydrogen) atoms. The van der Waals surface area contributed by atoms with E-state index in [1.54, 1.807) is 11.9 Å². The molecule has 1 fully saturated rings. The molecule has 1 atom stereocenters. The highest BCUT2D eigenvalue weighted by molar-refractivity contribution is 7.99. The van der Waals surface area contributed by atoms with Gasteiger partial charge < -0.3 is 11.1 Å². The van der Waals surface area contributed by atoms with E-state index in [-0.39, 0.29) is 0 Å². The third-order valence-electron chi connectivity index (χ3n) is 4.61. The highest BCUT2D eigenvalue weighted by atomic mass is 32.2. The zero-order valence-corrected chi connectivity index (χ0v) is 15.7. The van der Waals surface area contributed by atoms with Crippen molar-refractivity contribution in [2.75, 3.05) is 26.2 Å². The standard InChI is InChI=1S/C18H23N5S2/c19-6-9-22-25-17-4-3-16(24-17)13-5-8-21-18-14(13)10-15(23-18)12-2-1-7-20-11-12/h3-5,8,10,12,20,22H,1-2,6-7,9,11,19H2,(H,21,23)/p+1. The molecule has 0 radical (unpaired) electrons. The fraction of sp³-hybridized carbons (Fsp3) is 0.389. The van der Waals surface area contributed by atoms with Crippen molar-refractivity contribution in [3.05, 3.63) is 36.2 Å². The Labute approximate surface area is 155 Å². The average molecular weight is 375 g/mol. The first-order valence-electron chi connectivity index (χ1n) is 8.79. The Hall–Kier alpha value is -1.38. The normalized spacial score (nSPS) is 18.0. The summed E-state index contributed by atoms with van der Waals surface area (Å²) in [4.78, 5) is 8.26. The Kier molecular flexibility index (Phi) is 5.38. The lowest BCUT2D eigenvalue weighted by Crippen LogP contribution is -2.28. The van der Waals surface area contributed by atoms with E-state index in [1.807, 2.05) is 17.5 Å². The molecule has 3 aromatic rings. The summed E-state index contributed by atoms with van der Waals surface area (Å²) in [7, 11) is 0. The van der Waals surface area contributed by atoms with Crippen molar-refractivity contribution in [1.29, 1.82) is 0 Å². The van der Waals surface area contributed by atoms with E-state index in [0.29, 0.717) is 12.5 Å². The van der Waals surface area contributed by atoms with Gasteiger partial charge in [-0.15, -0.1) is 11.3 Å². The van der Waals surface area contributed by atoms with Crippen molar-refractivity contribution in [3.8, 4) is 10.4 Å². The molecule has 0 bridgehead atoms. The lowest BCUT2D eigenvalue weighted by Gasteiger charge is -2.19. The van der Waals surface area contributed by atoms with E-state index in [0.717, 1.165) is 25.3 Å². The lowest BCUT2D eigenvalue weighted by molar-refractivity contribution is -0.347. The lowest BCUT2D eigenvalue weighted by atomic mass is 9.96. The summed E-state index contributed by atoms with van der Waals surface area (Å²) in [5.41, 5.74) is 9.27. The number of piperidine rings is 1. The zero-order chi connectivity index (χ0) is 17.1. The molecule has 3 aromatic heterocycles. The molecule has 7 heteroatoms. The van der Waals surface area contributed by atoms with E-state index in [2.05, 4.69) is 44.3 Å². The van der Waals surface area contributed by atoms with Gasteiger partial charge in [0.25, 0.3) is 5.65 Å². The predicted octanol–water partition coefficient (Wildman–Crippen LogP) is 2.73. The Bertz CT molecular complexity index is 835. The van der Waals surface area contributed by atoms with E-state index in [4.69, 9.17) is 5.73 Å². The largest absolute Gasteiger partial charge is 0.329 e. The summed E-state index contributed by atoms with van der Waals surface area (Å²) in [6, 6.07) is 8.89. The quantitative estimate of drug-likeness (QED) is 0.395. The van der Waals surface area contributed by atoms with E-state index in [1.165, 1.54) is 38.6 Å². The Morgan fingerprint density at radius 2 is 2.32 bits per heavy atom. The van der Waals surface area contributed by atoms with Gasteiger partial charge in [0.1, 0.15) is 5.69 Å². The van der Waals surface area contributed by atoms with Gasteiger partial charge in [-0.2, -0.15) is 0 Å². The molecule has 132 valence electrons. The van der Waals surface area contributed by atoms with E-state index >= 15 is 0 Å². The molecular formula is C18H24N5S2+. The molecule has 0 aliphatic carbocycles. The van der Waals surface area contributed by atoms with Gasteiger partial charge in [-0.25, -0.2) is 9.97 Å². The second kappa shape index (κ2) is 7.88. The summed E-state index contributed by atoms with van der Waals surface area (Å²) < 4.78 is 4.54.